The van der Waals surface area contributed by atoms with Gasteiger partial charge in [0.05, 0.1) is 16.3 Å². The van der Waals surface area contributed by atoms with Crippen LogP contribution >= 0.6 is 46.6 Å². The van der Waals surface area contributed by atoms with Gasteiger partial charge < -0.3 is 5.84 Å². The van der Waals surface area contributed by atoms with Crippen molar-refractivity contribution in [3.05, 3.63) is 68.7 Å². The largest absolute Gasteiger partial charge is 0.334 e. The number of aromatic nitrogens is 3. The van der Waals surface area contributed by atoms with Gasteiger partial charge in [-0.25, -0.2) is 10.1 Å². The van der Waals surface area contributed by atoms with Crippen LogP contribution in [0.3, 0.4) is 0 Å². The molecule has 0 saturated carbocycles. The van der Waals surface area contributed by atoms with E-state index in [0.717, 1.165) is 11.1 Å². The first-order valence-corrected chi connectivity index (χ1v) is 9.47. The summed E-state index contributed by atoms with van der Waals surface area (Å²) < 4.78 is 1.33. The van der Waals surface area contributed by atoms with Gasteiger partial charge in [-0.2, -0.15) is 5.10 Å². The van der Waals surface area contributed by atoms with Crippen molar-refractivity contribution >= 4 is 58.7 Å². The van der Waals surface area contributed by atoms with E-state index >= 15 is 0 Å². The number of nitrogens with two attached hydrogens (primary N) is 1. The molecule has 6 nitrogen and oxygen atoms in total. The maximum absolute atomic E-state index is 6.02. The van der Waals surface area contributed by atoms with Crippen LogP contribution in [0, 0.1) is 0 Å². The lowest BCUT2D eigenvalue weighted by Gasteiger charge is -2.04. The standard InChI is InChI=1S/C16H13Cl3N6S/c17-12-4-1-10(2-5-12)8-21-22-15-23-24-16(25(15)20)26-9-11-3-6-13(18)14(19)7-11/h1-8H,9,20H2,(H,22,23)/b21-8+. The average molecular weight is 428 g/mol. The lowest BCUT2D eigenvalue weighted by molar-refractivity contribution is 0.847. The highest BCUT2D eigenvalue weighted by Crippen LogP contribution is 2.27. The lowest BCUT2D eigenvalue weighted by atomic mass is 10.2. The van der Waals surface area contributed by atoms with Gasteiger partial charge in [0.25, 0.3) is 5.95 Å². The van der Waals surface area contributed by atoms with Crippen molar-refractivity contribution in [2.24, 2.45) is 5.10 Å². The predicted molar refractivity (Wildman–Crippen MR) is 109 cm³/mol. The van der Waals surface area contributed by atoms with Crippen LogP contribution in [0.4, 0.5) is 5.95 Å². The van der Waals surface area contributed by atoms with Crippen molar-refractivity contribution in [3.8, 4) is 0 Å². The molecule has 0 unspecified atom stereocenters. The number of benzene rings is 2. The fourth-order valence-corrected chi connectivity index (χ4v) is 3.19. The summed E-state index contributed by atoms with van der Waals surface area (Å²) in [5, 5.41) is 14.4. The summed E-state index contributed by atoms with van der Waals surface area (Å²) in [6.45, 7) is 0. The number of hydrogen-bond donors (Lipinski definition) is 2. The van der Waals surface area contributed by atoms with Crippen LogP contribution in [0.5, 0.6) is 0 Å². The summed E-state index contributed by atoms with van der Waals surface area (Å²) in [5.41, 5.74) is 4.65. The average Bonchev–Trinajstić information content (AvgIpc) is 2.98. The first-order chi connectivity index (χ1) is 12.5. The first-order valence-electron chi connectivity index (χ1n) is 7.35. The zero-order valence-corrected chi connectivity index (χ0v) is 16.3. The first kappa shape index (κ1) is 18.8. The topological polar surface area (TPSA) is 81.1 Å². The molecule has 0 spiro atoms. The quantitative estimate of drug-likeness (QED) is 0.258. The zero-order valence-electron chi connectivity index (χ0n) is 13.2. The van der Waals surface area contributed by atoms with Crippen molar-refractivity contribution in [3.63, 3.8) is 0 Å². The molecule has 10 heteroatoms. The second kappa shape index (κ2) is 8.64. The molecule has 1 aromatic heterocycles. The molecule has 0 radical (unpaired) electrons. The highest BCUT2D eigenvalue weighted by Gasteiger charge is 2.10. The Balaban J connectivity index is 1.60. The van der Waals surface area contributed by atoms with Gasteiger partial charge in [0.1, 0.15) is 0 Å². The van der Waals surface area contributed by atoms with E-state index in [4.69, 9.17) is 40.6 Å². The summed E-state index contributed by atoms with van der Waals surface area (Å²) in [6, 6.07) is 12.7. The van der Waals surface area contributed by atoms with Gasteiger partial charge in [0, 0.05) is 10.8 Å². The van der Waals surface area contributed by atoms with Crippen molar-refractivity contribution in [2.45, 2.75) is 10.9 Å². The van der Waals surface area contributed by atoms with Gasteiger partial charge >= 0.3 is 0 Å². The SMILES string of the molecule is Nn1c(N/N=C/c2ccc(Cl)cc2)nnc1SCc1ccc(Cl)c(Cl)c1. The molecule has 1 heterocycles. The normalized spacial score (nSPS) is 11.2. The number of hydrazone groups is 1. The van der Waals surface area contributed by atoms with Gasteiger partial charge in [-0.1, -0.05) is 64.8 Å². The predicted octanol–water partition coefficient (Wildman–Crippen LogP) is 4.69. The Labute approximate surface area is 169 Å². The monoisotopic (exact) mass is 426 g/mol. The van der Waals surface area contributed by atoms with Crippen LogP contribution in [0.2, 0.25) is 15.1 Å². The second-order valence-electron chi connectivity index (χ2n) is 5.13. The van der Waals surface area contributed by atoms with E-state index in [-0.39, 0.29) is 0 Å². The molecule has 2 aromatic carbocycles. The number of rotatable bonds is 6. The Morgan fingerprint density at radius 2 is 1.85 bits per heavy atom. The minimum atomic E-state index is 0.326. The number of hydrogen-bond acceptors (Lipinski definition) is 6. The van der Waals surface area contributed by atoms with E-state index in [1.54, 1.807) is 24.4 Å². The van der Waals surface area contributed by atoms with Gasteiger partial charge in [-0.3, -0.25) is 0 Å². The lowest BCUT2D eigenvalue weighted by Crippen LogP contribution is -2.13. The van der Waals surface area contributed by atoms with Crippen LogP contribution in [-0.4, -0.2) is 21.1 Å². The van der Waals surface area contributed by atoms with Crippen LogP contribution in [0.25, 0.3) is 0 Å². The molecular formula is C16H13Cl3N6S. The Morgan fingerprint density at radius 1 is 1.08 bits per heavy atom. The maximum Gasteiger partial charge on any atom is 0.264 e. The number of halogens is 3. The molecule has 0 aliphatic carbocycles. The third-order valence-corrected chi connectivity index (χ3v) is 5.27. The molecule has 0 aliphatic rings. The van der Waals surface area contributed by atoms with Crippen LogP contribution < -0.4 is 11.3 Å². The van der Waals surface area contributed by atoms with Gasteiger partial charge in [0.2, 0.25) is 5.16 Å². The van der Waals surface area contributed by atoms with Crippen LogP contribution in [-0.2, 0) is 5.75 Å². The molecular weight excluding hydrogens is 415 g/mol. The third kappa shape index (κ3) is 4.82. The highest BCUT2D eigenvalue weighted by molar-refractivity contribution is 7.98. The fourth-order valence-electron chi connectivity index (χ4n) is 1.94. The summed E-state index contributed by atoms with van der Waals surface area (Å²) in [7, 11) is 0. The maximum atomic E-state index is 6.02. The minimum absolute atomic E-state index is 0.326. The molecule has 26 heavy (non-hydrogen) atoms. The summed E-state index contributed by atoms with van der Waals surface area (Å²) in [6.07, 6.45) is 1.63. The minimum Gasteiger partial charge on any atom is -0.334 e. The fraction of sp³-hybridized carbons (Fsp3) is 0.0625. The molecule has 0 aliphatic heterocycles. The van der Waals surface area contributed by atoms with E-state index in [1.165, 1.54) is 16.4 Å². The molecule has 3 rings (SSSR count). The van der Waals surface area contributed by atoms with Crippen molar-refractivity contribution in [2.75, 3.05) is 11.3 Å². The van der Waals surface area contributed by atoms with E-state index in [1.807, 2.05) is 24.3 Å². The summed E-state index contributed by atoms with van der Waals surface area (Å²) >= 11 is 19.2. The number of nitrogens with one attached hydrogen (secondary N) is 1. The molecule has 3 N–H and O–H groups in total. The summed E-state index contributed by atoms with van der Waals surface area (Å²) in [4.78, 5) is 0. The molecule has 134 valence electrons. The van der Waals surface area contributed by atoms with E-state index in [0.29, 0.717) is 31.9 Å². The van der Waals surface area contributed by atoms with Crippen molar-refractivity contribution < 1.29 is 0 Å². The van der Waals surface area contributed by atoms with E-state index in [9.17, 15) is 0 Å². The number of nitrogens with zero attached hydrogens (tertiary/aromatic N) is 4. The second-order valence-corrected chi connectivity index (χ2v) is 7.33. The number of thioether (sulfide) groups is 1. The number of nitrogen functional groups attached to an aromatic ring is 1. The Morgan fingerprint density at radius 3 is 2.58 bits per heavy atom. The Kier molecular flexibility index (Phi) is 6.26. The molecule has 0 atom stereocenters. The Hall–Kier alpha value is -1.93. The van der Waals surface area contributed by atoms with Crippen LogP contribution in [0.1, 0.15) is 11.1 Å². The van der Waals surface area contributed by atoms with E-state index < -0.39 is 0 Å². The third-order valence-electron chi connectivity index (χ3n) is 3.26. The smallest absolute Gasteiger partial charge is 0.264 e. The molecule has 0 amide bonds. The van der Waals surface area contributed by atoms with E-state index in [2.05, 4.69) is 20.7 Å². The Bertz CT molecular complexity index is 926. The molecule has 0 saturated heterocycles. The molecule has 0 bridgehead atoms. The number of anilines is 1. The van der Waals surface area contributed by atoms with Gasteiger partial charge in [-0.15, -0.1) is 10.2 Å². The summed E-state index contributed by atoms with van der Waals surface area (Å²) in [5.74, 6) is 6.94. The highest BCUT2D eigenvalue weighted by atomic mass is 35.5. The molecule has 0 fully saturated rings. The van der Waals surface area contributed by atoms with Gasteiger partial charge in [0.15, 0.2) is 0 Å². The zero-order chi connectivity index (χ0) is 18.5. The van der Waals surface area contributed by atoms with Crippen LogP contribution in [0.15, 0.2) is 52.7 Å². The molecule has 3 aromatic rings. The van der Waals surface area contributed by atoms with Crippen molar-refractivity contribution in [1.82, 2.24) is 14.9 Å². The van der Waals surface area contributed by atoms with Gasteiger partial charge in [-0.05, 0) is 35.4 Å². The van der Waals surface area contributed by atoms with Crippen molar-refractivity contribution in [1.29, 1.82) is 0 Å².